The number of benzene rings is 2. The fourth-order valence-electron chi connectivity index (χ4n) is 4.94. The second kappa shape index (κ2) is 9.82. The Hall–Kier alpha value is -2.08. The topological polar surface area (TPSA) is 32.8 Å². The summed E-state index contributed by atoms with van der Waals surface area (Å²) in [5, 5.41) is 0. The average molecular weight is 411 g/mol. The third kappa shape index (κ3) is 4.80. The van der Waals surface area contributed by atoms with Gasteiger partial charge in [-0.05, 0) is 55.0 Å². The lowest BCUT2D eigenvalue weighted by Gasteiger charge is -2.43. The second-order valence-corrected chi connectivity index (χ2v) is 8.52. The lowest BCUT2D eigenvalue weighted by molar-refractivity contribution is -0.121. The Morgan fingerprint density at radius 2 is 1.87 bits per heavy atom. The number of likely N-dealkylation sites (tertiary alicyclic amines) is 2. The number of ether oxygens (including phenoxy) is 1. The van der Waals surface area contributed by atoms with Crippen molar-refractivity contribution in [1.82, 2.24) is 9.80 Å². The lowest BCUT2D eigenvalue weighted by Crippen LogP contribution is -2.54. The SMILES string of the molecule is Cc1cc(F)ccc1C1CN(C(C=O)N2CCCC2)CCC1OCc1ccccc1. The zero-order chi connectivity index (χ0) is 20.9. The van der Waals surface area contributed by atoms with Gasteiger partial charge in [0.05, 0.1) is 12.7 Å². The van der Waals surface area contributed by atoms with Crippen molar-refractivity contribution in [1.29, 1.82) is 0 Å². The first-order valence-corrected chi connectivity index (χ1v) is 11.0. The quantitative estimate of drug-likeness (QED) is 0.643. The minimum Gasteiger partial charge on any atom is -0.373 e. The first-order valence-electron chi connectivity index (χ1n) is 11.0. The summed E-state index contributed by atoms with van der Waals surface area (Å²) in [4.78, 5) is 16.5. The molecule has 0 amide bonds. The number of aryl methyl sites for hydroxylation is 1. The predicted octanol–water partition coefficient (Wildman–Crippen LogP) is 4.13. The van der Waals surface area contributed by atoms with Crippen LogP contribution in [0.4, 0.5) is 4.39 Å². The molecule has 4 nitrogen and oxygen atoms in total. The van der Waals surface area contributed by atoms with E-state index in [0.717, 1.165) is 68.4 Å². The highest BCUT2D eigenvalue weighted by atomic mass is 19.1. The maximum absolute atomic E-state index is 13.8. The molecule has 0 aliphatic carbocycles. The highest BCUT2D eigenvalue weighted by Gasteiger charge is 2.37. The zero-order valence-electron chi connectivity index (χ0n) is 17.7. The summed E-state index contributed by atoms with van der Waals surface area (Å²) in [6, 6.07) is 15.2. The molecule has 0 radical (unpaired) electrons. The van der Waals surface area contributed by atoms with Crippen molar-refractivity contribution in [2.75, 3.05) is 26.2 Å². The molecular formula is C25H31FN2O2. The van der Waals surface area contributed by atoms with E-state index < -0.39 is 0 Å². The Labute approximate surface area is 178 Å². The van der Waals surface area contributed by atoms with Crippen LogP contribution in [-0.4, -0.2) is 54.5 Å². The Morgan fingerprint density at radius 1 is 1.10 bits per heavy atom. The molecule has 2 fully saturated rings. The van der Waals surface area contributed by atoms with Gasteiger partial charge in [0.15, 0.2) is 6.29 Å². The van der Waals surface area contributed by atoms with Crippen molar-refractivity contribution in [3.8, 4) is 0 Å². The minimum atomic E-state index is -0.214. The van der Waals surface area contributed by atoms with Crippen LogP contribution in [0.2, 0.25) is 0 Å². The summed E-state index contributed by atoms with van der Waals surface area (Å²) in [5.41, 5.74) is 3.21. The molecule has 3 atom stereocenters. The van der Waals surface area contributed by atoms with Gasteiger partial charge in [0.2, 0.25) is 0 Å². The van der Waals surface area contributed by atoms with E-state index in [9.17, 15) is 9.18 Å². The van der Waals surface area contributed by atoms with Gasteiger partial charge in [-0.25, -0.2) is 4.39 Å². The molecule has 2 aromatic rings. The first kappa shape index (κ1) is 21.2. The van der Waals surface area contributed by atoms with E-state index in [1.807, 2.05) is 31.2 Å². The van der Waals surface area contributed by atoms with Crippen molar-refractivity contribution < 1.29 is 13.9 Å². The van der Waals surface area contributed by atoms with Crippen LogP contribution >= 0.6 is 0 Å². The van der Waals surface area contributed by atoms with Crippen LogP contribution in [0.15, 0.2) is 48.5 Å². The van der Waals surface area contributed by atoms with Gasteiger partial charge in [0.1, 0.15) is 12.0 Å². The molecule has 2 aromatic carbocycles. The van der Waals surface area contributed by atoms with Gasteiger partial charge in [0, 0.05) is 32.1 Å². The van der Waals surface area contributed by atoms with Crippen LogP contribution in [-0.2, 0) is 16.1 Å². The molecule has 30 heavy (non-hydrogen) atoms. The molecule has 0 aromatic heterocycles. The summed E-state index contributed by atoms with van der Waals surface area (Å²) in [6.45, 7) is 6.05. The fourth-order valence-corrected chi connectivity index (χ4v) is 4.94. The summed E-state index contributed by atoms with van der Waals surface area (Å²) in [6.07, 6.45) is 4.11. The van der Waals surface area contributed by atoms with E-state index in [1.165, 1.54) is 6.07 Å². The summed E-state index contributed by atoms with van der Waals surface area (Å²) in [7, 11) is 0. The highest BCUT2D eigenvalue weighted by molar-refractivity contribution is 5.57. The van der Waals surface area contributed by atoms with Crippen molar-refractivity contribution in [3.63, 3.8) is 0 Å². The van der Waals surface area contributed by atoms with E-state index in [2.05, 4.69) is 21.9 Å². The summed E-state index contributed by atoms with van der Waals surface area (Å²) >= 11 is 0. The molecule has 2 heterocycles. The standard InChI is InChI=1S/C25H31FN2O2/c1-19-15-21(26)9-10-22(19)23-16-28(25(17-29)27-12-5-6-13-27)14-11-24(23)30-18-20-7-3-2-4-8-20/h2-4,7-10,15,17,23-25H,5-6,11-14,16,18H2,1H3. The number of aldehydes is 1. The molecule has 2 aliphatic rings. The van der Waals surface area contributed by atoms with E-state index >= 15 is 0 Å². The maximum atomic E-state index is 13.8. The molecule has 0 bridgehead atoms. The van der Waals surface area contributed by atoms with Gasteiger partial charge in [-0.1, -0.05) is 36.4 Å². The van der Waals surface area contributed by atoms with Crippen LogP contribution < -0.4 is 0 Å². The second-order valence-electron chi connectivity index (χ2n) is 8.52. The Balaban J connectivity index is 1.54. The average Bonchev–Trinajstić information content (AvgIpc) is 3.28. The Bertz CT molecular complexity index is 838. The Morgan fingerprint density at radius 3 is 2.57 bits per heavy atom. The van der Waals surface area contributed by atoms with Gasteiger partial charge in [-0.15, -0.1) is 0 Å². The van der Waals surface area contributed by atoms with Crippen LogP contribution in [0.1, 0.15) is 41.9 Å². The van der Waals surface area contributed by atoms with Gasteiger partial charge in [-0.3, -0.25) is 9.80 Å². The number of halogens is 1. The number of piperidine rings is 1. The number of nitrogens with zero attached hydrogens (tertiary/aromatic N) is 2. The smallest absolute Gasteiger partial charge is 0.151 e. The van der Waals surface area contributed by atoms with E-state index in [1.54, 1.807) is 6.07 Å². The molecule has 3 unspecified atom stereocenters. The zero-order valence-corrected chi connectivity index (χ0v) is 17.7. The lowest BCUT2D eigenvalue weighted by atomic mass is 9.85. The third-order valence-electron chi connectivity index (χ3n) is 6.53. The van der Waals surface area contributed by atoms with Gasteiger partial charge >= 0.3 is 0 Å². The third-order valence-corrected chi connectivity index (χ3v) is 6.53. The molecule has 0 N–H and O–H groups in total. The molecule has 0 saturated carbocycles. The maximum Gasteiger partial charge on any atom is 0.151 e. The van der Waals surface area contributed by atoms with Crippen LogP contribution in [0.5, 0.6) is 0 Å². The fraction of sp³-hybridized carbons (Fsp3) is 0.480. The molecule has 4 rings (SSSR count). The van der Waals surface area contributed by atoms with Crippen LogP contribution in [0.25, 0.3) is 0 Å². The number of hydrogen-bond donors (Lipinski definition) is 0. The van der Waals surface area contributed by atoms with Crippen LogP contribution in [0, 0.1) is 12.7 Å². The van der Waals surface area contributed by atoms with Gasteiger partial charge in [0.25, 0.3) is 0 Å². The van der Waals surface area contributed by atoms with Crippen molar-refractivity contribution in [2.24, 2.45) is 0 Å². The molecule has 2 aliphatic heterocycles. The van der Waals surface area contributed by atoms with Crippen molar-refractivity contribution in [2.45, 2.75) is 51.0 Å². The van der Waals surface area contributed by atoms with E-state index in [-0.39, 0.29) is 24.0 Å². The van der Waals surface area contributed by atoms with E-state index in [0.29, 0.717) is 6.61 Å². The normalized spacial score (nSPS) is 24.1. The first-order chi connectivity index (χ1) is 14.7. The molecule has 160 valence electrons. The number of carbonyl (C=O) groups excluding carboxylic acids is 1. The molecule has 0 spiro atoms. The number of hydrogen-bond acceptors (Lipinski definition) is 4. The van der Waals surface area contributed by atoms with Crippen molar-refractivity contribution in [3.05, 3.63) is 71.0 Å². The summed E-state index contributed by atoms with van der Waals surface area (Å²) in [5.74, 6) is -0.110. The highest BCUT2D eigenvalue weighted by Crippen LogP contribution is 2.34. The minimum absolute atomic E-state index is 0.0384. The largest absolute Gasteiger partial charge is 0.373 e. The van der Waals surface area contributed by atoms with Gasteiger partial charge < -0.3 is 9.53 Å². The van der Waals surface area contributed by atoms with Gasteiger partial charge in [-0.2, -0.15) is 0 Å². The summed E-state index contributed by atoms with van der Waals surface area (Å²) < 4.78 is 20.1. The van der Waals surface area contributed by atoms with Crippen molar-refractivity contribution >= 4 is 6.29 Å². The van der Waals surface area contributed by atoms with Crippen LogP contribution in [0.3, 0.4) is 0 Å². The number of rotatable bonds is 7. The monoisotopic (exact) mass is 410 g/mol. The molecule has 2 saturated heterocycles. The number of carbonyl (C=O) groups is 1. The predicted molar refractivity (Wildman–Crippen MR) is 116 cm³/mol. The molecule has 5 heteroatoms. The Kier molecular flexibility index (Phi) is 6.93. The van der Waals surface area contributed by atoms with E-state index in [4.69, 9.17) is 4.74 Å². The molecular weight excluding hydrogens is 379 g/mol.